The second-order valence-corrected chi connectivity index (χ2v) is 11.2. The average Bonchev–Trinajstić information content (AvgIpc) is 3.27. The van der Waals surface area contributed by atoms with Gasteiger partial charge < -0.3 is 24.4 Å². The van der Waals surface area contributed by atoms with E-state index < -0.39 is 24.3 Å². The lowest BCUT2D eigenvalue weighted by Gasteiger charge is -2.33. The van der Waals surface area contributed by atoms with Crippen LogP contribution in [0.4, 0.5) is 4.79 Å². The SMILES string of the molecule is C/C(=C\c1ccc2cnn(C)c2c1)[C@H]1OC(=O)C[C@H](O)CC[C@H](C)[C@@H](OC(=O)N2CCN(C)CC2)/C=C\[C@@H]1C. The molecule has 1 aromatic carbocycles. The van der Waals surface area contributed by atoms with Crippen molar-refractivity contribution >= 4 is 29.0 Å². The molecular weight excluding hydrogens is 496 g/mol. The first-order valence-corrected chi connectivity index (χ1v) is 13.9. The first-order valence-electron chi connectivity index (χ1n) is 13.9. The van der Waals surface area contributed by atoms with E-state index in [1.165, 1.54) is 0 Å². The van der Waals surface area contributed by atoms with E-state index in [4.69, 9.17) is 9.47 Å². The van der Waals surface area contributed by atoms with E-state index in [1.807, 2.05) is 76.1 Å². The van der Waals surface area contributed by atoms with Crippen LogP contribution in [0.1, 0.15) is 45.6 Å². The molecule has 2 aliphatic rings. The molecule has 3 heterocycles. The number of fused-ring (bicyclic) bond motifs is 1. The van der Waals surface area contributed by atoms with Gasteiger partial charge >= 0.3 is 12.1 Å². The molecule has 0 aliphatic carbocycles. The number of hydrogen-bond donors (Lipinski definition) is 1. The molecule has 1 fully saturated rings. The zero-order valence-corrected chi connectivity index (χ0v) is 23.7. The first kappa shape index (κ1) is 28.8. The number of aromatic nitrogens is 2. The summed E-state index contributed by atoms with van der Waals surface area (Å²) in [7, 11) is 3.95. The highest BCUT2D eigenvalue weighted by molar-refractivity contribution is 5.81. The van der Waals surface area contributed by atoms with Crippen molar-refractivity contribution in [2.45, 2.75) is 58.3 Å². The number of benzene rings is 1. The molecule has 2 aromatic rings. The molecule has 9 heteroatoms. The molecule has 39 heavy (non-hydrogen) atoms. The van der Waals surface area contributed by atoms with Crippen molar-refractivity contribution in [1.29, 1.82) is 0 Å². The highest BCUT2D eigenvalue weighted by Gasteiger charge is 2.29. The Hall–Kier alpha value is -3.17. The number of cyclic esters (lactones) is 1. The zero-order chi connectivity index (χ0) is 28.1. The minimum atomic E-state index is -0.815. The summed E-state index contributed by atoms with van der Waals surface area (Å²) in [4.78, 5) is 29.7. The topological polar surface area (TPSA) is 97.1 Å². The Morgan fingerprint density at radius 3 is 2.62 bits per heavy atom. The van der Waals surface area contributed by atoms with Crippen LogP contribution in [0.15, 0.2) is 42.1 Å². The van der Waals surface area contributed by atoms with Crippen molar-refractivity contribution in [2.24, 2.45) is 18.9 Å². The van der Waals surface area contributed by atoms with Gasteiger partial charge in [-0.1, -0.05) is 38.1 Å². The van der Waals surface area contributed by atoms with Crippen LogP contribution in [0.3, 0.4) is 0 Å². The van der Waals surface area contributed by atoms with Crippen LogP contribution in [0.25, 0.3) is 17.0 Å². The smallest absolute Gasteiger partial charge is 0.410 e. The Labute approximate surface area is 231 Å². The van der Waals surface area contributed by atoms with E-state index in [9.17, 15) is 14.7 Å². The Balaban J connectivity index is 1.57. The van der Waals surface area contributed by atoms with E-state index in [2.05, 4.69) is 16.1 Å². The zero-order valence-electron chi connectivity index (χ0n) is 23.7. The standard InChI is InChI=1S/C30H42N4O5/c1-20-6-10-25(35)18-28(36)39-29(22(3)16-23-8-9-24-19-31-33(5)26(24)17-23)21(2)7-11-27(20)38-30(37)34-14-12-32(4)13-15-34/h7-9,11,16-17,19-21,25,27,29,35H,6,10,12-15,18H2,1-5H3/b11-7-,22-16+/t20-,21-,25+,27-,29-/m0/s1. The van der Waals surface area contributed by atoms with Gasteiger partial charge in [-0.05, 0) is 56.0 Å². The van der Waals surface area contributed by atoms with Gasteiger partial charge in [-0.3, -0.25) is 9.48 Å². The minimum absolute atomic E-state index is 0.0179. The summed E-state index contributed by atoms with van der Waals surface area (Å²) in [5, 5.41) is 15.9. The van der Waals surface area contributed by atoms with Crippen molar-refractivity contribution in [3.8, 4) is 0 Å². The maximum absolute atomic E-state index is 13.0. The summed E-state index contributed by atoms with van der Waals surface area (Å²) < 4.78 is 13.7. The van der Waals surface area contributed by atoms with E-state index in [0.717, 1.165) is 35.1 Å². The predicted molar refractivity (Wildman–Crippen MR) is 151 cm³/mol. The number of ether oxygens (including phenoxy) is 2. The van der Waals surface area contributed by atoms with Crippen molar-refractivity contribution in [1.82, 2.24) is 19.6 Å². The van der Waals surface area contributed by atoms with Gasteiger partial charge in [0, 0.05) is 44.5 Å². The summed E-state index contributed by atoms with van der Waals surface area (Å²) in [5.74, 6) is -0.622. The molecule has 1 amide bonds. The van der Waals surface area contributed by atoms with Crippen LogP contribution in [0, 0.1) is 11.8 Å². The summed E-state index contributed by atoms with van der Waals surface area (Å²) >= 11 is 0. The van der Waals surface area contributed by atoms with Crippen molar-refractivity contribution in [3.63, 3.8) is 0 Å². The Morgan fingerprint density at radius 1 is 1.13 bits per heavy atom. The second kappa shape index (κ2) is 12.8. The fourth-order valence-corrected chi connectivity index (χ4v) is 5.23. The predicted octanol–water partition coefficient (Wildman–Crippen LogP) is 4.01. The lowest BCUT2D eigenvalue weighted by atomic mass is 9.91. The van der Waals surface area contributed by atoms with Crippen molar-refractivity contribution in [3.05, 3.63) is 47.7 Å². The Kier molecular flexibility index (Phi) is 9.45. The van der Waals surface area contributed by atoms with Crippen LogP contribution in [0.2, 0.25) is 0 Å². The third-order valence-electron chi connectivity index (χ3n) is 7.87. The lowest BCUT2D eigenvalue weighted by molar-refractivity contribution is -0.151. The quantitative estimate of drug-likeness (QED) is 0.466. The lowest BCUT2D eigenvalue weighted by Crippen LogP contribution is -2.48. The van der Waals surface area contributed by atoms with Gasteiger partial charge in [0.05, 0.1) is 24.2 Å². The molecule has 1 aromatic heterocycles. The van der Waals surface area contributed by atoms with E-state index >= 15 is 0 Å². The number of rotatable bonds is 3. The third-order valence-corrected chi connectivity index (χ3v) is 7.87. The number of aryl methyl sites for hydroxylation is 1. The normalized spacial score (nSPS) is 28.9. The van der Waals surface area contributed by atoms with Crippen molar-refractivity contribution in [2.75, 3.05) is 33.2 Å². The fraction of sp³-hybridized carbons (Fsp3) is 0.567. The molecule has 2 aliphatic heterocycles. The average molecular weight is 539 g/mol. The van der Waals surface area contributed by atoms with E-state index in [0.29, 0.717) is 25.9 Å². The highest BCUT2D eigenvalue weighted by Crippen LogP contribution is 2.26. The van der Waals surface area contributed by atoms with E-state index in [-0.39, 0.29) is 24.3 Å². The molecule has 1 saturated heterocycles. The van der Waals surface area contributed by atoms with Crippen LogP contribution < -0.4 is 0 Å². The number of likely N-dealkylation sites (N-methyl/N-ethyl adjacent to an activating group) is 1. The first-order chi connectivity index (χ1) is 18.6. The van der Waals surface area contributed by atoms with Gasteiger partial charge in [-0.2, -0.15) is 5.10 Å². The van der Waals surface area contributed by atoms with Gasteiger partial charge in [0.25, 0.3) is 0 Å². The number of carbonyl (C=O) groups is 2. The molecule has 0 saturated carbocycles. The van der Waals surface area contributed by atoms with Gasteiger partial charge in [0.2, 0.25) is 0 Å². The maximum Gasteiger partial charge on any atom is 0.410 e. The van der Waals surface area contributed by atoms with E-state index in [1.54, 1.807) is 4.90 Å². The number of carbonyl (C=O) groups excluding carboxylic acids is 2. The summed E-state index contributed by atoms with van der Waals surface area (Å²) in [6.07, 6.45) is 6.62. The van der Waals surface area contributed by atoms with Crippen molar-refractivity contribution < 1.29 is 24.2 Å². The molecule has 4 rings (SSSR count). The molecular formula is C30H42N4O5. The molecule has 0 radical (unpaired) electrons. The van der Waals surface area contributed by atoms with Crippen LogP contribution in [-0.2, 0) is 21.3 Å². The van der Waals surface area contributed by atoms with Crippen LogP contribution in [0.5, 0.6) is 0 Å². The fourth-order valence-electron chi connectivity index (χ4n) is 5.23. The maximum atomic E-state index is 13.0. The molecule has 0 bridgehead atoms. The summed E-state index contributed by atoms with van der Waals surface area (Å²) in [5.41, 5.74) is 2.88. The molecule has 212 valence electrons. The summed E-state index contributed by atoms with van der Waals surface area (Å²) in [6.45, 7) is 8.88. The molecule has 0 unspecified atom stereocenters. The number of amides is 1. The van der Waals surface area contributed by atoms with Gasteiger partial charge in [0.1, 0.15) is 12.2 Å². The molecule has 1 N–H and O–H groups in total. The largest absolute Gasteiger partial charge is 0.457 e. The number of piperazine rings is 1. The number of aliphatic hydroxyl groups excluding tert-OH is 1. The number of esters is 1. The Bertz CT molecular complexity index is 1210. The van der Waals surface area contributed by atoms with Gasteiger partial charge in [-0.15, -0.1) is 0 Å². The number of nitrogens with zero attached hydrogens (tertiary/aromatic N) is 4. The van der Waals surface area contributed by atoms with Gasteiger partial charge in [-0.25, -0.2) is 4.79 Å². The summed E-state index contributed by atoms with van der Waals surface area (Å²) in [6, 6.07) is 6.10. The molecule has 0 spiro atoms. The highest BCUT2D eigenvalue weighted by atomic mass is 16.6. The number of aliphatic hydroxyl groups is 1. The minimum Gasteiger partial charge on any atom is -0.457 e. The molecule has 5 atom stereocenters. The molecule has 9 nitrogen and oxygen atoms in total. The van der Waals surface area contributed by atoms with Crippen LogP contribution in [-0.4, -0.2) is 88.3 Å². The Morgan fingerprint density at radius 2 is 1.87 bits per heavy atom. The van der Waals surface area contributed by atoms with Crippen LogP contribution >= 0.6 is 0 Å². The van der Waals surface area contributed by atoms with Gasteiger partial charge in [0.15, 0.2) is 0 Å². The monoisotopic (exact) mass is 538 g/mol. The second-order valence-electron chi connectivity index (χ2n) is 11.2. The third kappa shape index (κ3) is 7.48. The number of hydrogen-bond acceptors (Lipinski definition) is 7.